The summed E-state index contributed by atoms with van der Waals surface area (Å²) in [7, 11) is -3.32. The van der Waals surface area contributed by atoms with E-state index in [1.54, 1.807) is 6.20 Å². The van der Waals surface area contributed by atoms with E-state index in [1.807, 2.05) is 18.3 Å². The Kier molecular flexibility index (Phi) is 4.31. The summed E-state index contributed by atoms with van der Waals surface area (Å²) in [4.78, 5) is 6.38. The number of pyridine rings is 1. The predicted molar refractivity (Wildman–Crippen MR) is 68.4 cm³/mol. The molecule has 6 heteroatoms. The molecule has 0 spiro atoms. The molecule has 0 radical (unpaired) electrons. The van der Waals surface area contributed by atoms with Crippen LogP contribution in [0.2, 0.25) is 0 Å². The zero-order chi connectivity index (χ0) is 13.0. The van der Waals surface area contributed by atoms with Crippen molar-refractivity contribution in [2.45, 2.75) is 13.0 Å². The Labute approximate surface area is 108 Å². The van der Waals surface area contributed by atoms with Crippen molar-refractivity contribution in [3.8, 4) is 0 Å². The lowest BCUT2D eigenvalue weighted by atomic mass is 10.1. The number of hydrogen-bond acceptors (Lipinski definition) is 5. The highest BCUT2D eigenvalue weighted by Gasteiger charge is 2.23. The molecule has 1 aromatic rings. The zero-order valence-electron chi connectivity index (χ0n) is 10.4. The second-order valence-corrected chi connectivity index (χ2v) is 6.38. The van der Waals surface area contributed by atoms with Gasteiger partial charge in [-0.05, 0) is 30.5 Å². The SMILES string of the molecule is CS(=O)(=O)OCC1CCN(Cc2cccnc2)C1. The molecule has 2 rings (SSSR count). The average molecular weight is 270 g/mol. The highest BCUT2D eigenvalue weighted by molar-refractivity contribution is 7.85. The van der Waals surface area contributed by atoms with E-state index >= 15 is 0 Å². The van der Waals surface area contributed by atoms with E-state index in [9.17, 15) is 8.42 Å². The molecule has 0 aromatic carbocycles. The molecule has 1 saturated heterocycles. The van der Waals surface area contributed by atoms with Gasteiger partial charge in [-0.15, -0.1) is 0 Å². The van der Waals surface area contributed by atoms with Crippen molar-refractivity contribution in [3.05, 3.63) is 30.1 Å². The van der Waals surface area contributed by atoms with Crippen LogP contribution in [0.15, 0.2) is 24.5 Å². The second-order valence-electron chi connectivity index (χ2n) is 4.74. The van der Waals surface area contributed by atoms with Gasteiger partial charge in [-0.1, -0.05) is 6.07 Å². The maximum absolute atomic E-state index is 10.9. The van der Waals surface area contributed by atoms with Gasteiger partial charge in [-0.3, -0.25) is 14.1 Å². The monoisotopic (exact) mass is 270 g/mol. The van der Waals surface area contributed by atoms with Gasteiger partial charge in [0.15, 0.2) is 0 Å². The molecule has 1 atom stereocenters. The van der Waals surface area contributed by atoms with Gasteiger partial charge in [0.1, 0.15) is 0 Å². The van der Waals surface area contributed by atoms with Gasteiger partial charge in [0.05, 0.1) is 12.9 Å². The van der Waals surface area contributed by atoms with E-state index in [2.05, 4.69) is 9.88 Å². The third-order valence-corrected chi connectivity index (χ3v) is 3.58. The van der Waals surface area contributed by atoms with Gasteiger partial charge < -0.3 is 0 Å². The molecule has 0 amide bonds. The minimum absolute atomic E-state index is 0.294. The molecule has 1 aromatic heterocycles. The Morgan fingerprint density at radius 3 is 3.06 bits per heavy atom. The molecule has 1 aliphatic heterocycles. The maximum Gasteiger partial charge on any atom is 0.264 e. The quantitative estimate of drug-likeness (QED) is 0.743. The molecule has 5 nitrogen and oxygen atoms in total. The first-order valence-corrected chi connectivity index (χ1v) is 7.80. The lowest BCUT2D eigenvalue weighted by Crippen LogP contribution is -2.22. The van der Waals surface area contributed by atoms with E-state index < -0.39 is 10.1 Å². The van der Waals surface area contributed by atoms with Crippen LogP contribution < -0.4 is 0 Å². The topological polar surface area (TPSA) is 59.5 Å². The van der Waals surface area contributed by atoms with Crippen LogP contribution in [-0.4, -0.2) is 44.3 Å². The highest BCUT2D eigenvalue weighted by Crippen LogP contribution is 2.19. The Morgan fingerprint density at radius 1 is 1.56 bits per heavy atom. The van der Waals surface area contributed by atoms with E-state index in [0.29, 0.717) is 12.5 Å². The van der Waals surface area contributed by atoms with Crippen LogP contribution in [0, 0.1) is 5.92 Å². The fourth-order valence-electron chi connectivity index (χ4n) is 2.16. The summed E-state index contributed by atoms with van der Waals surface area (Å²) in [6.45, 7) is 3.02. The van der Waals surface area contributed by atoms with Crippen molar-refractivity contribution in [1.29, 1.82) is 0 Å². The van der Waals surface area contributed by atoms with Crippen molar-refractivity contribution in [2.24, 2.45) is 5.92 Å². The summed E-state index contributed by atoms with van der Waals surface area (Å²) in [5, 5.41) is 0. The molecular formula is C12H18N2O3S. The number of aromatic nitrogens is 1. The zero-order valence-corrected chi connectivity index (χ0v) is 11.3. The highest BCUT2D eigenvalue weighted by atomic mass is 32.2. The fourth-order valence-corrected chi connectivity index (χ4v) is 2.60. The summed E-state index contributed by atoms with van der Waals surface area (Å²) in [6, 6.07) is 3.98. The molecule has 1 aliphatic rings. The van der Waals surface area contributed by atoms with Crippen LogP contribution in [0.25, 0.3) is 0 Å². The minimum Gasteiger partial charge on any atom is -0.299 e. The van der Waals surface area contributed by atoms with Gasteiger partial charge in [0.25, 0.3) is 10.1 Å². The van der Waals surface area contributed by atoms with Gasteiger partial charge in [0, 0.05) is 25.5 Å². The van der Waals surface area contributed by atoms with Crippen LogP contribution in [0.3, 0.4) is 0 Å². The molecule has 0 N–H and O–H groups in total. The number of hydrogen-bond donors (Lipinski definition) is 0. The molecule has 1 unspecified atom stereocenters. The molecule has 0 aliphatic carbocycles. The Hall–Kier alpha value is -0.980. The van der Waals surface area contributed by atoms with Crippen molar-refractivity contribution in [3.63, 3.8) is 0 Å². The average Bonchev–Trinajstić information content (AvgIpc) is 2.75. The minimum atomic E-state index is -3.32. The summed E-state index contributed by atoms with van der Waals surface area (Å²) in [5.74, 6) is 0.302. The maximum atomic E-state index is 10.9. The van der Waals surface area contributed by atoms with Crippen LogP contribution in [0.4, 0.5) is 0 Å². The normalized spacial score (nSPS) is 21.3. The first-order valence-electron chi connectivity index (χ1n) is 5.98. The molecule has 18 heavy (non-hydrogen) atoms. The third-order valence-electron chi connectivity index (χ3n) is 3.02. The Balaban J connectivity index is 1.78. The lowest BCUT2D eigenvalue weighted by Gasteiger charge is -2.15. The first kappa shape index (κ1) is 13.5. The molecule has 0 bridgehead atoms. The van der Waals surface area contributed by atoms with Crippen LogP contribution in [0.5, 0.6) is 0 Å². The smallest absolute Gasteiger partial charge is 0.264 e. The number of nitrogens with zero attached hydrogens (tertiary/aromatic N) is 2. The van der Waals surface area contributed by atoms with Gasteiger partial charge in [0.2, 0.25) is 0 Å². The standard InChI is InChI=1S/C12H18N2O3S/c1-18(15,16)17-10-12-4-6-14(9-12)8-11-3-2-5-13-7-11/h2-3,5,7,12H,4,6,8-10H2,1H3. The molecule has 2 heterocycles. The molecule has 100 valence electrons. The molecule has 1 fully saturated rings. The lowest BCUT2D eigenvalue weighted by molar-refractivity contribution is 0.244. The largest absolute Gasteiger partial charge is 0.299 e. The van der Waals surface area contributed by atoms with Gasteiger partial charge in [-0.2, -0.15) is 8.42 Å². The van der Waals surface area contributed by atoms with Crippen LogP contribution >= 0.6 is 0 Å². The number of rotatable bonds is 5. The summed E-state index contributed by atoms with van der Waals surface area (Å²) in [5.41, 5.74) is 1.18. The first-order chi connectivity index (χ1) is 8.53. The van der Waals surface area contributed by atoms with Gasteiger partial charge in [-0.25, -0.2) is 0 Å². The Bertz CT molecular complexity index is 475. The van der Waals surface area contributed by atoms with E-state index in [-0.39, 0.29) is 0 Å². The van der Waals surface area contributed by atoms with Crippen molar-refractivity contribution in [2.75, 3.05) is 26.0 Å². The number of likely N-dealkylation sites (tertiary alicyclic amines) is 1. The summed E-state index contributed by atoms with van der Waals surface area (Å²) < 4.78 is 26.7. The summed E-state index contributed by atoms with van der Waals surface area (Å²) >= 11 is 0. The fraction of sp³-hybridized carbons (Fsp3) is 0.583. The molecular weight excluding hydrogens is 252 g/mol. The van der Waals surface area contributed by atoms with Crippen LogP contribution in [0.1, 0.15) is 12.0 Å². The molecule has 0 saturated carbocycles. The van der Waals surface area contributed by atoms with Crippen molar-refractivity contribution >= 4 is 10.1 Å². The Morgan fingerprint density at radius 2 is 2.39 bits per heavy atom. The summed E-state index contributed by atoms with van der Waals surface area (Å²) in [6.07, 6.45) is 5.70. The van der Waals surface area contributed by atoms with E-state index in [1.165, 1.54) is 5.56 Å². The van der Waals surface area contributed by atoms with Gasteiger partial charge >= 0.3 is 0 Å². The van der Waals surface area contributed by atoms with Crippen LogP contribution in [-0.2, 0) is 20.8 Å². The second kappa shape index (κ2) is 5.77. The van der Waals surface area contributed by atoms with Crippen molar-refractivity contribution < 1.29 is 12.6 Å². The van der Waals surface area contributed by atoms with E-state index in [4.69, 9.17) is 4.18 Å². The van der Waals surface area contributed by atoms with E-state index in [0.717, 1.165) is 32.3 Å². The third kappa shape index (κ3) is 4.36. The predicted octanol–water partition coefficient (Wildman–Crippen LogP) is 0.880. The van der Waals surface area contributed by atoms with Crippen molar-refractivity contribution in [1.82, 2.24) is 9.88 Å².